The van der Waals surface area contributed by atoms with E-state index in [1.807, 2.05) is 13.8 Å². The molecule has 1 aliphatic rings. The molecule has 1 aromatic carbocycles. The zero-order valence-electron chi connectivity index (χ0n) is 12.2. The van der Waals surface area contributed by atoms with Gasteiger partial charge in [0.05, 0.1) is 5.56 Å². The van der Waals surface area contributed by atoms with Gasteiger partial charge in [0, 0.05) is 24.0 Å². The number of piperidine rings is 1. The minimum absolute atomic E-state index is 0.0484. The van der Waals surface area contributed by atoms with E-state index in [0.717, 1.165) is 6.42 Å². The number of hydrogen-bond acceptors (Lipinski definition) is 3. The number of thioether (sulfide) groups is 1. The van der Waals surface area contributed by atoms with E-state index < -0.39 is 5.76 Å². The smallest absolute Gasteiger partial charge is 0.288 e. The summed E-state index contributed by atoms with van der Waals surface area (Å²) in [6.07, 6.45) is 0.725. The fourth-order valence-electron chi connectivity index (χ4n) is 2.56. The number of rotatable bonds is 3. The van der Waals surface area contributed by atoms with Crippen LogP contribution in [0.15, 0.2) is 29.2 Å². The van der Waals surface area contributed by atoms with Crippen LogP contribution < -0.4 is 5.73 Å². The highest BCUT2D eigenvalue weighted by molar-refractivity contribution is 7.99. The van der Waals surface area contributed by atoms with Gasteiger partial charge in [0.1, 0.15) is 0 Å². The van der Waals surface area contributed by atoms with Crippen molar-refractivity contribution < 1.29 is 13.6 Å². The maximum Gasteiger partial charge on any atom is 0.288 e. The Morgan fingerprint density at radius 1 is 1.43 bits per heavy atom. The standard InChI is InChI=1S/C15H20F2N2OS/c1-15(2)9-19(8-7-12(15)18)13(20)10-5-3-4-6-11(10)21-14(16)17/h3-6,12,14H,7-9,18H2,1-2H3. The number of nitrogens with two attached hydrogens (primary N) is 1. The third-order valence-corrected chi connectivity index (χ3v) is 4.72. The van der Waals surface area contributed by atoms with Crippen LogP contribution in [-0.4, -0.2) is 35.7 Å². The molecule has 0 spiro atoms. The second-order valence-electron chi connectivity index (χ2n) is 5.99. The number of hydrogen-bond donors (Lipinski definition) is 1. The maximum atomic E-state index is 12.6. The van der Waals surface area contributed by atoms with Crippen molar-refractivity contribution in [2.45, 2.75) is 37.0 Å². The van der Waals surface area contributed by atoms with Crippen molar-refractivity contribution in [3.05, 3.63) is 29.8 Å². The second kappa shape index (κ2) is 6.32. The van der Waals surface area contributed by atoms with Crippen molar-refractivity contribution in [1.29, 1.82) is 0 Å². The third kappa shape index (κ3) is 3.74. The number of benzene rings is 1. The first-order valence-electron chi connectivity index (χ1n) is 6.90. The van der Waals surface area contributed by atoms with E-state index in [-0.39, 0.29) is 17.4 Å². The predicted octanol–water partition coefficient (Wildman–Crippen LogP) is 3.20. The molecule has 0 bridgehead atoms. The molecule has 1 unspecified atom stereocenters. The van der Waals surface area contributed by atoms with Crippen LogP contribution in [0.25, 0.3) is 0 Å². The van der Waals surface area contributed by atoms with Gasteiger partial charge in [-0.05, 0) is 24.0 Å². The Morgan fingerprint density at radius 2 is 2.10 bits per heavy atom. The summed E-state index contributed by atoms with van der Waals surface area (Å²) in [5.74, 6) is -2.73. The van der Waals surface area contributed by atoms with Gasteiger partial charge in [0.25, 0.3) is 11.7 Å². The minimum Gasteiger partial charge on any atom is -0.338 e. The molecule has 1 aromatic rings. The van der Waals surface area contributed by atoms with Crippen LogP contribution in [-0.2, 0) is 0 Å². The number of likely N-dealkylation sites (tertiary alicyclic amines) is 1. The summed E-state index contributed by atoms with van der Waals surface area (Å²) in [6.45, 7) is 5.16. The number of alkyl halides is 2. The van der Waals surface area contributed by atoms with E-state index in [0.29, 0.717) is 35.3 Å². The Balaban J connectivity index is 2.21. The summed E-state index contributed by atoms with van der Waals surface area (Å²) in [7, 11) is 0. The summed E-state index contributed by atoms with van der Waals surface area (Å²) in [5.41, 5.74) is 6.24. The topological polar surface area (TPSA) is 46.3 Å². The summed E-state index contributed by atoms with van der Waals surface area (Å²) in [4.78, 5) is 14.7. The van der Waals surface area contributed by atoms with Crippen LogP contribution in [0.2, 0.25) is 0 Å². The molecule has 6 heteroatoms. The molecule has 1 atom stereocenters. The lowest BCUT2D eigenvalue weighted by Crippen LogP contribution is -2.54. The molecule has 2 N–H and O–H groups in total. The fourth-order valence-corrected chi connectivity index (χ4v) is 3.19. The highest BCUT2D eigenvalue weighted by Gasteiger charge is 2.36. The van der Waals surface area contributed by atoms with Crippen molar-refractivity contribution in [2.24, 2.45) is 11.1 Å². The minimum atomic E-state index is -2.54. The molecule has 0 saturated carbocycles. The molecule has 0 aromatic heterocycles. The van der Waals surface area contributed by atoms with Gasteiger partial charge in [-0.15, -0.1) is 0 Å². The van der Waals surface area contributed by atoms with Gasteiger partial charge in [-0.25, -0.2) is 0 Å². The van der Waals surface area contributed by atoms with Crippen LogP contribution in [0.3, 0.4) is 0 Å². The Kier molecular flexibility index (Phi) is 4.88. The van der Waals surface area contributed by atoms with Crippen LogP contribution >= 0.6 is 11.8 Å². The third-order valence-electron chi connectivity index (χ3n) is 3.93. The zero-order valence-corrected chi connectivity index (χ0v) is 13.0. The number of halogens is 2. The van der Waals surface area contributed by atoms with Gasteiger partial charge in [-0.1, -0.05) is 37.7 Å². The van der Waals surface area contributed by atoms with Crippen LogP contribution in [0.4, 0.5) is 8.78 Å². The molecular weight excluding hydrogens is 294 g/mol. The summed E-state index contributed by atoms with van der Waals surface area (Å²) < 4.78 is 25.2. The first kappa shape index (κ1) is 16.2. The van der Waals surface area contributed by atoms with Gasteiger partial charge in [0.15, 0.2) is 0 Å². The van der Waals surface area contributed by atoms with Crippen molar-refractivity contribution in [2.75, 3.05) is 13.1 Å². The average molecular weight is 314 g/mol. The average Bonchev–Trinajstić information content (AvgIpc) is 2.41. The number of carbonyl (C=O) groups is 1. The van der Waals surface area contributed by atoms with Gasteiger partial charge >= 0.3 is 0 Å². The molecule has 1 heterocycles. The number of nitrogens with zero attached hydrogens (tertiary/aromatic N) is 1. The van der Waals surface area contributed by atoms with Gasteiger partial charge in [0.2, 0.25) is 0 Å². The quantitative estimate of drug-likeness (QED) is 0.872. The highest BCUT2D eigenvalue weighted by atomic mass is 32.2. The molecule has 1 aliphatic heterocycles. The molecule has 116 valence electrons. The van der Waals surface area contributed by atoms with E-state index in [4.69, 9.17) is 5.73 Å². The molecule has 3 nitrogen and oxygen atoms in total. The van der Waals surface area contributed by atoms with Crippen molar-refractivity contribution in [3.63, 3.8) is 0 Å². The largest absolute Gasteiger partial charge is 0.338 e. The highest BCUT2D eigenvalue weighted by Crippen LogP contribution is 2.32. The van der Waals surface area contributed by atoms with Crippen molar-refractivity contribution in [3.8, 4) is 0 Å². The van der Waals surface area contributed by atoms with Crippen LogP contribution in [0.5, 0.6) is 0 Å². The van der Waals surface area contributed by atoms with Crippen LogP contribution in [0.1, 0.15) is 30.6 Å². The van der Waals surface area contributed by atoms with Crippen molar-refractivity contribution >= 4 is 17.7 Å². The first-order chi connectivity index (χ1) is 9.81. The monoisotopic (exact) mass is 314 g/mol. The van der Waals surface area contributed by atoms with Gasteiger partial charge in [-0.2, -0.15) is 8.78 Å². The molecule has 1 saturated heterocycles. The summed E-state index contributed by atoms with van der Waals surface area (Å²) in [5, 5.41) is 0. The van der Waals surface area contributed by atoms with E-state index in [2.05, 4.69) is 0 Å². The maximum absolute atomic E-state index is 12.6. The van der Waals surface area contributed by atoms with E-state index in [1.165, 1.54) is 0 Å². The van der Waals surface area contributed by atoms with E-state index in [1.54, 1.807) is 29.2 Å². The normalized spacial score (nSPS) is 21.6. The molecule has 0 radical (unpaired) electrons. The van der Waals surface area contributed by atoms with E-state index >= 15 is 0 Å². The predicted molar refractivity (Wildman–Crippen MR) is 80.6 cm³/mol. The van der Waals surface area contributed by atoms with Crippen molar-refractivity contribution in [1.82, 2.24) is 4.90 Å². The Bertz CT molecular complexity index is 522. The van der Waals surface area contributed by atoms with Gasteiger partial charge < -0.3 is 10.6 Å². The molecule has 0 aliphatic carbocycles. The number of carbonyl (C=O) groups excluding carboxylic acids is 1. The lowest BCUT2D eigenvalue weighted by atomic mass is 9.79. The number of amides is 1. The summed E-state index contributed by atoms with van der Waals surface area (Å²) in [6, 6.07) is 6.58. The molecule has 2 rings (SSSR count). The second-order valence-corrected chi connectivity index (χ2v) is 7.02. The summed E-state index contributed by atoms with van der Waals surface area (Å²) >= 11 is 0.412. The van der Waals surface area contributed by atoms with Gasteiger partial charge in [-0.3, -0.25) is 4.79 Å². The van der Waals surface area contributed by atoms with E-state index in [9.17, 15) is 13.6 Å². The molecule has 1 amide bonds. The molecular formula is C15H20F2N2OS. The lowest BCUT2D eigenvalue weighted by molar-refractivity contribution is 0.0529. The Labute approximate surface area is 127 Å². The SMILES string of the molecule is CC1(C)CN(C(=O)c2ccccc2SC(F)F)CCC1N. The zero-order chi connectivity index (χ0) is 15.6. The fraction of sp³-hybridized carbons (Fsp3) is 0.533. The Morgan fingerprint density at radius 3 is 2.71 bits per heavy atom. The van der Waals surface area contributed by atoms with Crippen LogP contribution in [0, 0.1) is 5.41 Å². The molecule has 21 heavy (non-hydrogen) atoms. The molecule has 1 fully saturated rings. The first-order valence-corrected chi connectivity index (χ1v) is 7.78. The lowest BCUT2D eigenvalue weighted by Gasteiger charge is -2.42. The Hall–Kier alpha value is -1.14.